The normalized spacial score (nSPS) is 16.9. The number of anilines is 1. The number of hydrogen-bond acceptors (Lipinski definition) is 6. The van der Waals surface area contributed by atoms with E-state index in [0.29, 0.717) is 31.6 Å². The molecule has 0 atom stereocenters. The van der Waals surface area contributed by atoms with Crippen molar-refractivity contribution < 1.29 is 21.6 Å². The molecule has 2 aromatic heterocycles. The quantitative estimate of drug-likeness (QED) is 0.630. The number of fused-ring (bicyclic) bond motifs is 1. The van der Waals surface area contributed by atoms with Crippen LogP contribution in [0.3, 0.4) is 0 Å². The van der Waals surface area contributed by atoms with Gasteiger partial charge in [-0.3, -0.25) is 9.52 Å². The number of pyridine rings is 1. The third kappa shape index (κ3) is 5.20. The SMILES string of the molecule is CS(=O)(=O)N1CCC(C(=O)NCCS(=O)(=O)Nc2ccn3nccc3c2)CC1. The molecule has 1 amide bonds. The van der Waals surface area contributed by atoms with E-state index in [1.165, 1.54) is 4.31 Å². The summed E-state index contributed by atoms with van der Waals surface area (Å²) in [5.41, 5.74) is 1.18. The molecule has 10 nitrogen and oxygen atoms in total. The lowest BCUT2D eigenvalue weighted by Crippen LogP contribution is -2.43. The van der Waals surface area contributed by atoms with E-state index in [9.17, 15) is 21.6 Å². The largest absolute Gasteiger partial charge is 0.355 e. The molecule has 154 valence electrons. The molecule has 2 N–H and O–H groups in total. The van der Waals surface area contributed by atoms with Gasteiger partial charge in [-0.2, -0.15) is 5.10 Å². The van der Waals surface area contributed by atoms with Gasteiger partial charge in [0.1, 0.15) is 0 Å². The fraction of sp³-hybridized carbons (Fsp3) is 0.500. The number of piperidine rings is 1. The average Bonchev–Trinajstić information content (AvgIpc) is 3.08. The topological polar surface area (TPSA) is 130 Å². The molecular formula is C16H23N5O5S2. The predicted molar refractivity (Wildman–Crippen MR) is 105 cm³/mol. The van der Waals surface area contributed by atoms with Crippen molar-refractivity contribution in [2.75, 3.05) is 36.4 Å². The van der Waals surface area contributed by atoms with Gasteiger partial charge < -0.3 is 5.32 Å². The Kier molecular flexibility index (Phi) is 5.91. The highest BCUT2D eigenvalue weighted by Gasteiger charge is 2.28. The first kappa shape index (κ1) is 20.6. The number of aromatic nitrogens is 2. The van der Waals surface area contributed by atoms with Gasteiger partial charge in [0, 0.05) is 37.9 Å². The lowest BCUT2D eigenvalue weighted by molar-refractivity contribution is -0.125. The third-order valence-corrected chi connectivity index (χ3v) is 7.23. The molecule has 0 bridgehead atoms. The Morgan fingerprint density at radius 1 is 1.21 bits per heavy atom. The average molecular weight is 430 g/mol. The Bertz CT molecular complexity index is 1060. The van der Waals surface area contributed by atoms with Crippen molar-refractivity contribution >= 4 is 37.2 Å². The van der Waals surface area contributed by atoms with Crippen LogP contribution in [-0.2, 0) is 24.8 Å². The zero-order valence-corrected chi connectivity index (χ0v) is 17.0. The van der Waals surface area contributed by atoms with Crippen LogP contribution in [0.2, 0.25) is 0 Å². The van der Waals surface area contributed by atoms with E-state index < -0.39 is 20.0 Å². The molecule has 0 aromatic carbocycles. The maximum Gasteiger partial charge on any atom is 0.234 e. The molecule has 28 heavy (non-hydrogen) atoms. The van der Waals surface area contributed by atoms with E-state index in [0.717, 1.165) is 11.8 Å². The summed E-state index contributed by atoms with van der Waals surface area (Å²) in [5.74, 6) is -0.812. The van der Waals surface area contributed by atoms with Crippen LogP contribution in [0.15, 0.2) is 30.6 Å². The van der Waals surface area contributed by atoms with Gasteiger partial charge in [-0.1, -0.05) is 0 Å². The second-order valence-electron chi connectivity index (χ2n) is 6.76. The van der Waals surface area contributed by atoms with Crippen LogP contribution in [0.5, 0.6) is 0 Å². The van der Waals surface area contributed by atoms with Crippen molar-refractivity contribution in [2.45, 2.75) is 12.8 Å². The minimum Gasteiger partial charge on any atom is -0.355 e. The Balaban J connectivity index is 1.46. The molecule has 12 heteroatoms. The van der Waals surface area contributed by atoms with Gasteiger partial charge in [0.25, 0.3) is 0 Å². The molecule has 1 aliphatic rings. The lowest BCUT2D eigenvalue weighted by Gasteiger charge is -2.29. The summed E-state index contributed by atoms with van der Waals surface area (Å²) < 4.78 is 52.9. The lowest BCUT2D eigenvalue weighted by atomic mass is 9.97. The van der Waals surface area contributed by atoms with E-state index in [1.54, 1.807) is 35.1 Å². The van der Waals surface area contributed by atoms with Crippen molar-refractivity contribution in [1.29, 1.82) is 0 Å². The summed E-state index contributed by atoms with van der Waals surface area (Å²) >= 11 is 0. The Hall–Kier alpha value is -2.18. The number of hydrogen-bond donors (Lipinski definition) is 2. The smallest absolute Gasteiger partial charge is 0.234 e. The van der Waals surface area contributed by atoms with Crippen LogP contribution in [0.1, 0.15) is 12.8 Å². The molecule has 1 fully saturated rings. The first-order valence-electron chi connectivity index (χ1n) is 8.81. The number of nitrogens with zero attached hydrogens (tertiary/aromatic N) is 3. The first-order chi connectivity index (χ1) is 13.1. The fourth-order valence-corrected chi connectivity index (χ4v) is 4.95. The number of carbonyl (C=O) groups is 1. The summed E-state index contributed by atoms with van der Waals surface area (Å²) in [6.07, 6.45) is 5.27. The van der Waals surface area contributed by atoms with Crippen LogP contribution in [0.4, 0.5) is 5.69 Å². The van der Waals surface area contributed by atoms with Gasteiger partial charge in [-0.05, 0) is 31.0 Å². The number of carbonyl (C=O) groups excluding carboxylic acids is 1. The molecule has 0 spiro atoms. The van der Waals surface area contributed by atoms with Crippen LogP contribution >= 0.6 is 0 Å². The molecule has 1 aliphatic heterocycles. The molecular weight excluding hydrogens is 406 g/mol. The molecule has 1 saturated heterocycles. The van der Waals surface area contributed by atoms with Gasteiger partial charge in [0.05, 0.1) is 23.2 Å². The van der Waals surface area contributed by atoms with E-state index in [4.69, 9.17) is 0 Å². The van der Waals surface area contributed by atoms with Crippen molar-refractivity contribution in [2.24, 2.45) is 5.92 Å². The van der Waals surface area contributed by atoms with Crippen molar-refractivity contribution in [3.63, 3.8) is 0 Å². The van der Waals surface area contributed by atoms with Crippen molar-refractivity contribution in [1.82, 2.24) is 19.2 Å². The van der Waals surface area contributed by atoms with Crippen LogP contribution in [0, 0.1) is 5.92 Å². The van der Waals surface area contributed by atoms with Gasteiger partial charge in [-0.15, -0.1) is 0 Å². The summed E-state index contributed by atoms with van der Waals surface area (Å²) in [7, 11) is -6.87. The third-order valence-electron chi connectivity index (χ3n) is 4.64. The predicted octanol–water partition coefficient (Wildman–Crippen LogP) is -0.136. The van der Waals surface area contributed by atoms with Crippen LogP contribution in [-0.4, -0.2) is 68.3 Å². The van der Waals surface area contributed by atoms with Gasteiger partial charge in [0.2, 0.25) is 26.0 Å². The molecule has 0 aliphatic carbocycles. The van der Waals surface area contributed by atoms with Crippen molar-refractivity contribution in [3.05, 3.63) is 30.6 Å². The minimum absolute atomic E-state index is 0.0185. The highest BCUT2D eigenvalue weighted by Crippen LogP contribution is 2.19. The molecule has 3 rings (SSSR count). The summed E-state index contributed by atoms with van der Waals surface area (Å²) in [4.78, 5) is 12.2. The molecule has 0 saturated carbocycles. The first-order valence-corrected chi connectivity index (χ1v) is 12.3. The highest BCUT2D eigenvalue weighted by molar-refractivity contribution is 7.92. The zero-order valence-electron chi connectivity index (χ0n) is 15.4. The van der Waals surface area contributed by atoms with Gasteiger partial charge >= 0.3 is 0 Å². The fourth-order valence-electron chi connectivity index (χ4n) is 3.12. The Morgan fingerprint density at radius 3 is 2.61 bits per heavy atom. The summed E-state index contributed by atoms with van der Waals surface area (Å²) in [6.45, 7) is 0.580. The monoisotopic (exact) mass is 429 g/mol. The number of nitrogens with one attached hydrogen (secondary N) is 2. The minimum atomic E-state index is -3.62. The molecule has 0 radical (unpaired) electrons. The number of rotatable bonds is 7. The molecule has 2 aromatic rings. The Labute approximate surface area is 164 Å². The summed E-state index contributed by atoms with van der Waals surface area (Å²) in [5, 5.41) is 6.68. The number of amides is 1. The second kappa shape index (κ2) is 8.05. The standard InChI is InChI=1S/C16H23N5O5S2/c1-27(23,24)20-8-3-13(4-9-20)16(22)17-7-11-28(25,26)19-14-5-10-21-15(12-14)2-6-18-21/h2,5-6,10,12-13,19H,3-4,7-9,11H2,1H3,(H,17,22). The maximum absolute atomic E-state index is 12.2. The zero-order chi connectivity index (χ0) is 20.4. The second-order valence-corrected chi connectivity index (χ2v) is 10.6. The van der Waals surface area contributed by atoms with E-state index >= 15 is 0 Å². The van der Waals surface area contributed by atoms with Gasteiger partial charge in [0.15, 0.2) is 0 Å². The van der Waals surface area contributed by atoms with E-state index in [1.807, 2.05) is 0 Å². The maximum atomic E-state index is 12.2. The summed E-state index contributed by atoms with van der Waals surface area (Å²) in [6, 6.07) is 5.03. The number of sulfonamides is 2. The van der Waals surface area contributed by atoms with Crippen LogP contribution in [0.25, 0.3) is 5.52 Å². The van der Waals surface area contributed by atoms with E-state index in [-0.39, 0.29) is 24.1 Å². The van der Waals surface area contributed by atoms with Crippen LogP contribution < -0.4 is 10.0 Å². The van der Waals surface area contributed by atoms with Gasteiger partial charge in [-0.25, -0.2) is 25.7 Å². The Morgan fingerprint density at radius 2 is 1.93 bits per heavy atom. The van der Waals surface area contributed by atoms with E-state index in [2.05, 4.69) is 15.1 Å². The highest BCUT2D eigenvalue weighted by atomic mass is 32.2. The molecule has 3 heterocycles. The molecule has 0 unspecified atom stereocenters. The van der Waals surface area contributed by atoms with Crippen molar-refractivity contribution in [3.8, 4) is 0 Å².